The summed E-state index contributed by atoms with van der Waals surface area (Å²) in [6.45, 7) is 13.3. The summed E-state index contributed by atoms with van der Waals surface area (Å²) in [6, 6.07) is 0. The zero-order valence-corrected chi connectivity index (χ0v) is 19.6. The van der Waals surface area contributed by atoms with E-state index in [-0.39, 0.29) is 12.6 Å². The Morgan fingerprint density at radius 3 is 1.93 bits per heavy atom. The van der Waals surface area contributed by atoms with E-state index in [0.29, 0.717) is 6.42 Å². The Labute approximate surface area is 175 Å². The molecule has 0 saturated carbocycles. The van der Waals surface area contributed by atoms with Crippen molar-refractivity contribution >= 4 is 5.97 Å². The molecule has 28 heavy (non-hydrogen) atoms. The van der Waals surface area contributed by atoms with Crippen LogP contribution in [0.5, 0.6) is 0 Å². The summed E-state index contributed by atoms with van der Waals surface area (Å²) in [4.78, 5) is 11.5. The summed E-state index contributed by atoms with van der Waals surface area (Å²) >= 11 is 0. The predicted octanol–water partition coefficient (Wildman–Crippen LogP) is 7.08. The van der Waals surface area contributed by atoms with Crippen LogP contribution >= 0.6 is 0 Å². The number of carbonyl (C=O) groups is 1. The van der Waals surface area contributed by atoms with Crippen LogP contribution in [0, 0.1) is 17.8 Å². The van der Waals surface area contributed by atoms with E-state index in [0.717, 1.165) is 30.6 Å². The van der Waals surface area contributed by atoms with Gasteiger partial charge in [0.15, 0.2) is 0 Å². The molecule has 3 atom stereocenters. The molecule has 0 amide bonds. The quantitative estimate of drug-likeness (QED) is 0.211. The van der Waals surface area contributed by atoms with E-state index < -0.39 is 6.10 Å². The van der Waals surface area contributed by atoms with Crippen LogP contribution in [0.15, 0.2) is 11.6 Å². The van der Waals surface area contributed by atoms with Gasteiger partial charge in [-0.25, -0.2) is 0 Å². The average Bonchev–Trinajstić information content (AvgIpc) is 2.59. The minimum Gasteiger partial charge on any atom is -0.463 e. The smallest absolute Gasteiger partial charge is 0.306 e. The Morgan fingerprint density at radius 1 is 0.857 bits per heavy atom. The first-order valence-corrected chi connectivity index (χ1v) is 11.7. The maximum Gasteiger partial charge on any atom is 0.306 e. The molecule has 0 bridgehead atoms. The van der Waals surface area contributed by atoms with Crippen molar-refractivity contribution in [3.05, 3.63) is 11.6 Å². The zero-order chi connectivity index (χ0) is 21.4. The number of allylic oxidation sites excluding steroid dienone is 2. The lowest BCUT2D eigenvalue weighted by Gasteiger charge is -2.15. The highest BCUT2D eigenvalue weighted by atomic mass is 16.5. The van der Waals surface area contributed by atoms with Gasteiger partial charge in [-0.3, -0.25) is 4.79 Å². The molecule has 0 aromatic heterocycles. The van der Waals surface area contributed by atoms with Crippen LogP contribution < -0.4 is 0 Å². The van der Waals surface area contributed by atoms with Crippen molar-refractivity contribution < 1.29 is 14.6 Å². The van der Waals surface area contributed by atoms with Crippen LogP contribution in [0.4, 0.5) is 0 Å². The minimum absolute atomic E-state index is 0.0934. The van der Waals surface area contributed by atoms with Crippen molar-refractivity contribution in [1.29, 1.82) is 0 Å². The van der Waals surface area contributed by atoms with Crippen LogP contribution in [0.1, 0.15) is 112 Å². The van der Waals surface area contributed by atoms with Crippen LogP contribution in [-0.2, 0) is 9.53 Å². The Morgan fingerprint density at radius 2 is 1.39 bits per heavy atom. The molecule has 3 nitrogen and oxygen atoms in total. The molecule has 0 heterocycles. The monoisotopic (exact) mass is 396 g/mol. The Bertz CT molecular complexity index is 412. The van der Waals surface area contributed by atoms with Gasteiger partial charge in [0.25, 0.3) is 0 Å². The molecular formula is C25H48O3. The fourth-order valence-corrected chi connectivity index (χ4v) is 3.53. The van der Waals surface area contributed by atoms with Gasteiger partial charge in [-0.15, -0.1) is 0 Å². The van der Waals surface area contributed by atoms with E-state index in [1.165, 1.54) is 56.9 Å². The highest BCUT2D eigenvalue weighted by Crippen LogP contribution is 2.22. The number of aliphatic hydroxyl groups excluding tert-OH is 1. The molecule has 3 unspecified atom stereocenters. The average molecular weight is 397 g/mol. The number of aliphatic hydroxyl groups is 1. The van der Waals surface area contributed by atoms with Gasteiger partial charge >= 0.3 is 5.97 Å². The molecule has 0 aromatic carbocycles. The lowest BCUT2D eigenvalue weighted by Crippen LogP contribution is -2.14. The summed E-state index contributed by atoms with van der Waals surface area (Å²) in [5, 5.41) is 9.10. The molecular weight excluding hydrogens is 348 g/mol. The third kappa shape index (κ3) is 18.5. The first-order chi connectivity index (χ1) is 13.2. The van der Waals surface area contributed by atoms with Crippen molar-refractivity contribution in [2.24, 2.45) is 17.8 Å². The lowest BCUT2D eigenvalue weighted by atomic mass is 9.91. The Balaban J connectivity index is 3.70. The first kappa shape index (κ1) is 27.2. The third-order valence-corrected chi connectivity index (χ3v) is 5.47. The SMILES string of the molecule is C/C(=C\CCC(=O)OCC(C)O)CCCC(C)CCCC(C)CCCC(C)C. The predicted molar refractivity (Wildman–Crippen MR) is 120 cm³/mol. The number of hydrogen-bond acceptors (Lipinski definition) is 3. The van der Waals surface area contributed by atoms with Crippen molar-refractivity contribution in [2.45, 2.75) is 118 Å². The van der Waals surface area contributed by atoms with E-state index in [2.05, 4.69) is 40.7 Å². The van der Waals surface area contributed by atoms with Crippen LogP contribution in [0.2, 0.25) is 0 Å². The molecule has 0 aliphatic carbocycles. The van der Waals surface area contributed by atoms with Gasteiger partial charge in [0.2, 0.25) is 0 Å². The van der Waals surface area contributed by atoms with Crippen LogP contribution in [-0.4, -0.2) is 23.8 Å². The van der Waals surface area contributed by atoms with Crippen molar-refractivity contribution in [3.8, 4) is 0 Å². The molecule has 0 radical (unpaired) electrons. The van der Waals surface area contributed by atoms with Crippen molar-refractivity contribution in [3.63, 3.8) is 0 Å². The molecule has 3 heteroatoms. The maximum absolute atomic E-state index is 11.5. The zero-order valence-electron chi connectivity index (χ0n) is 19.6. The van der Waals surface area contributed by atoms with E-state index in [9.17, 15) is 4.79 Å². The van der Waals surface area contributed by atoms with Gasteiger partial charge in [-0.1, -0.05) is 84.3 Å². The number of esters is 1. The fraction of sp³-hybridized carbons (Fsp3) is 0.880. The maximum atomic E-state index is 11.5. The summed E-state index contributed by atoms with van der Waals surface area (Å²) < 4.78 is 4.97. The largest absolute Gasteiger partial charge is 0.463 e. The number of ether oxygens (including phenoxy) is 1. The van der Waals surface area contributed by atoms with E-state index in [4.69, 9.17) is 9.84 Å². The van der Waals surface area contributed by atoms with Gasteiger partial charge in [0, 0.05) is 6.42 Å². The number of hydrogen-bond donors (Lipinski definition) is 1. The molecule has 0 saturated heterocycles. The topological polar surface area (TPSA) is 46.5 Å². The van der Waals surface area contributed by atoms with E-state index in [1.807, 2.05) is 0 Å². The van der Waals surface area contributed by atoms with Crippen molar-refractivity contribution in [1.82, 2.24) is 0 Å². The molecule has 0 fully saturated rings. The van der Waals surface area contributed by atoms with Crippen LogP contribution in [0.25, 0.3) is 0 Å². The molecule has 0 aromatic rings. The third-order valence-electron chi connectivity index (χ3n) is 5.47. The number of rotatable bonds is 17. The minimum atomic E-state index is -0.587. The Kier molecular flexibility index (Phi) is 16.6. The van der Waals surface area contributed by atoms with Gasteiger partial charge in [-0.05, 0) is 50.9 Å². The summed E-state index contributed by atoms with van der Waals surface area (Å²) in [6.07, 6.45) is 14.6. The fourth-order valence-electron chi connectivity index (χ4n) is 3.53. The lowest BCUT2D eigenvalue weighted by molar-refractivity contribution is -0.146. The molecule has 0 aliphatic rings. The summed E-state index contributed by atoms with van der Waals surface area (Å²) in [5.74, 6) is 2.31. The first-order valence-electron chi connectivity index (χ1n) is 11.7. The molecule has 0 aliphatic heterocycles. The molecule has 1 N–H and O–H groups in total. The van der Waals surface area contributed by atoms with Gasteiger partial charge in [0.1, 0.15) is 6.61 Å². The van der Waals surface area contributed by atoms with Gasteiger partial charge < -0.3 is 9.84 Å². The second kappa shape index (κ2) is 17.1. The van der Waals surface area contributed by atoms with E-state index in [1.54, 1.807) is 6.92 Å². The molecule has 166 valence electrons. The Hall–Kier alpha value is -0.830. The second-order valence-electron chi connectivity index (χ2n) is 9.48. The second-order valence-corrected chi connectivity index (χ2v) is 9.48. The van der Waals surface area contributed by atoms with E-state index >= 15 is 0 Å². The normalized spacial score (nSPS) is 15.5. The highest BCUT2D eigenvalue weighted by Gasteiger charge is 2.07. The van der Waals surface area contributed by atoms with Crippen LogP contribution in [0.3, 0.4) is 0 Å². The van der Waals surface area contributed by atoms with Gasteiger partial charge in [0.05, 0.1) is 6.10 Å². The molecule has 0 rings (SSSR count). The molecule has 0 spiro atoms. The van der Waals surface area contributed by atoms with Crippen molar-refractivity contribution in [2.75, 3.05) is 6.61 Å². The standard InChI is InChI=1S/C25H48O3/c1-20(2)11-7-12-21(3)13-8-14-22(4)15-9-16-23(5)17-10-18-25(27)28-19-24(6)26/h17,20-22,24,26H,7-16,18-19H2,1-6H3/b23-17+. The highest BCUT2D eigenvalue weighted by molar-refractivity contribution is 5.69. The van der Waals surface area contributed by atoms with Gasteiger partial charge in [-0.2, -0.15) is 0 Å². The number of carbonyl (C=O) groups excluding carboxylic acids is 1. The summed E-state index contributed by atoms with van der Waals surface area (Å²) in [5.41, 5.74) is 1.37. The summed E-state index contributed by atoms with van der Waals surface area (Å²) in [7, 11) is 0.